The third kappa shape index (κ3) is 3.49. The summed E-state index contributed by atoms with van der Waals surface area (Å²) in [5.41, 5.74) is 0. The Balaban J connectivity index is 2.53. The van der Waals surface area contributed by atoms with Gasteiger partial charge in [-0.25, -0.2) is 0 Å². The van der Waals surface area contributed by atoms with Crippen LogP contribution in [-0.4, -0.2) is 18.8 Å². The van der Waals surface area contributed by atoms with Crippen molar-refractivity contribution in [1.29, 1.82) is 0 Å². The molecule has 0 aromatic rings. The molecule has 0 radical (unpaired) electrons. The Morgan fingerprint density at radius 3 is 1.60 bits per heavy atom. The largest absolute Gasteiger partial charge is 0.564 e. The lowest BCUT2D eigenvalue weighted by atomic mass is 9.50. The Labute approximate surface area is 94.7 Å². The van der Waals surface area contributed by atoms with Crippen LogP contribution >= 0.6 is 0 Å². The van der Waals surface area contributed by atoms with Crippen molar-refractivity contribution in [3.8, 4) is 0 Å². The standard InChI is InChI=1S/C12H26BO2/c1-5-7-9-13(10-8-6-2)14-11(3)12(4)15-13/h11-12H,5-10H2,1-4H3/q-1. The number of hydrogen-bond donors (Lipinski definition) is 0. The number of unbranched alkanes of at least 4 members (excludes halogenated alkanes) is 2. The predicted molar refractivity (Wildman–Crippen MR) is 66.3 cm³/mol. The van der Waals surface area contributed by atoms with Crippen molar-refractivity contribution in [2.24, 2.45) is 0 Å². The molecule has 1 rings (SSSR count). The van der Waals surface area contributed by atoms with Gasteiger partial charge in [-0.1, -0.05) is 39.5 Å². The van der Waals surface area contributed by atoms with Gasteiger partial charge in [-0.15, -0.1) is 12.6 Å². The molecule has 1 fully saturated rings. The van der Waals surface area contributed by atoms with E-state index >= 15 is 0 Å². The van der Waals surface area contributed by atoms with Gasteiger partial charge < -0.3 is 9.31 Å². The summed E-state index contributed by atoms with van der Waals surface area (Å²) in [7, 11) is 0. The zero-order valence-electron chi connectivity index (χ0n) is 10.8. The summed E-state index contributed by atoms with van der Waals surface area (Å²) in [5, 5.41) is 0. The summed E-state index contributed by atoms with van der Waals surface area (Å²) in [6.07, 6.45) is 7.69. The molecular formula is C12H26BO2-. The Morgan fingerprint density at radius 1 is 0.867 bits per heavy atom. The molecule has 0 N–H and O–H groups in total. The highest BCUT2D eigenvalue weighted by Crippen LogP contribution is 2.34. The highest BCUT2D eigenvalue weighted by atomic mass is 16.7. The van der Waals surface area contributed by atoms with Crippen LogP contribution < -0.4 is 0 Å². The molecule has 2 unspecified atom stereocenters. The molecule has 1 saturated heterocycles. The zero-order chi connectivity index (χ0) is 11.3. The SMILES string of the molecule is CCCC[B-]1(CCCC)OC(C)C(C)O1. The van der Waals surface area contributed by atoms with E-state index in [1.165, 1.54) is 25.7 Å². The van der Waals surface area contributed by atoms with Gasteiger partial charge in [0.05, 0.1) is 0 Å². The van der Waals surface area contributed by atoms with Gasteiger partial charge in [0, 0.05) is 12.2 Å². The van der Waals surface area contributed by atoms with Gasteiger partial charge in [0.25, 0.3) is 0 Å². The topological polar surface area (TPSA) is 18.5 Å². The Morgan fingerprint density at radius 2 is 1.27 bits per heavy atom. The van der Waals surface area contributed by atoms with E-state index in [9.17, 15) is 0 Å². The van der Waals surface area contributed by atoms with Crippen LogP contribution in [0.5, 0.6) is 0 Å². The first-order valence-electron chi connectivity index (χ1n) is 6.66. The minimum absolute atomic E-state index is 0.277. The Kier molecular flexibility index (Phi) is 5.14. The molecule has 15 heavy (non-hydrogen) atoms. The lowest BCUT2D eigenvalue weighted by Crippen LogP contribution is -2.37. The van der Waals surface area contributed by atoms with Gasteiger partial charge in [-0.3, -0.25) is 0 Å². The van der Waals surface area contributed by atoms with Crippen LogP contribution in [0.2, 0.25) is 12.6 Å². The van der Waals surface area contributed by atoms with Gasteiger partial charge in [0.1, 0.15) is 0 Å². The van der Waals surface area contributed by atoms with Crippen molar-refractivity contribution < 1.29 is 9.31 Å². The molecule has 0 saturated carbocycles. The van der Waals surface area contributed by atoms with E-state index in [0.717, 1.165) is 12.6 Å². The van der Waals surface area contributed by atoms with Gasteiger partial charge in [-0.05, 0) is 13.8 Å². The molecule has 2 atom stereocenters. The van der Waals surface area contributed by atoms with E-state index in [-0.39, 0.29) is 12.2 Å². The summed E-state index contributed by atoms with van der Waals surface area (Å²) < 4.78 is 12.2. The van der Waals surface area contributed by atoms with Gasteiger partial charge in [0.15, 0.2) is 0 Å². The summed E-state index contributed by atoms with van der Waals surface area (Å²) in [6, 6.07) is 0. The van der Waals surface area contributed by atoms with Crippen molar-refractivity contribution >= 4 is 6.55 Å². The van der Waals surface area contributed by atoms with Crippen LogP contribution in [-0.2, 0) is 9.31 Å². The second kappa shape index (κ2) is 5.90. The maximum absolute atomic E-state index is 6.11. The van der Waals surface area contributed by atoms with Crippen LogP contribution in [0, 0.1) is 0 Å². The molecule has 1 heterocycles. The van der Waals surface area contributed by atoms with Gasteiger partial charge in [0.2, 0.25) is 6.55 Å². The van der Waals surface area contributed by atoms with Crippen molar-refractivity contribution in [2.45, 2.75) is 78.2 Å². The van der Waals surface area contributed by atoms with E-state index in [2.05, 4.69) is 27.7 Å². The summed E-state index contributed by atoms with van der Waals surface area (Å²) in [4.78, 5) is 0. The molecule has 0 aliphatic carbocycles. The normalized spacial score (nSPS) is 29.6. The van der Waals surface area contributed by atoms with Crippen molar-refractivity contribution in [3.05, 3.63) is 0 Å². The average molecular weight is 213 g/mol. The number of hydrogen-bond acceptors (Lipinski definition) is 2. The highest BCUT2D eigenvalue weighted by Gasteiger charge is 2.36. The molecule has 0 aromatic heterocycles. The van der Waals surface area contributed by atoms with Crippen LogP contribution in [0.25, 0.3) is 0 Å². The molecule has 0 bridgehead atoms. The minimum atomic E-state index is -0.953. The van der Waals surface area contributed by atoms with Crippen molar-refractivity contribution in [2.75, 3.05) is 0 Å². The fourth-order valence-corrected chi connectivity index (χ4v) is 2.48. The molecule has 2 nitrogen and oxygen atoms in total. The fourth-order valence-electron chi connectivity index (χ4n) is 2.48. The molecule has 0 spiro atoms. The van der Waals surface area contributed by atoms with E-state index in [1.54, 1.807) is 0 Å². The van der Waals surface area contributed by atoms with E-state index in [4.69, 9.17) is 9.31 Å². The minimum Gasteiger partial charge on any atom is -0.564 e. The summed E-state index contributed by atoms with van der Waals surface area (Å²) in [5.74, 6) is 0. The summed E-state index contributed by atoms with van der Waals surface area (Å²) in [6.45, 7) is 7.76. The molecule has 0 aromatic carbocycles. The van der Waals surface area contributed by atoms with Gasteiger partial charge >= 0.3 is 0 Å². The smallest absolute Gasteiger partial charge is 0.241 e. The molecule has 90 valence electrons. The van der Waals surface area contributed by atoms with Gasteiger partial charge in [-0.2, -0.15) is 0 Å². The quantitative estimate of drug-likeness (QED) is 0.624. The van der Waals surface area contributed by atoms with Crippen LogP contribution in [0.4, 0.5) is 0 Å². The van der Waals surface area contributed by atoms with Crippen LogP contribution in [0.3, 0.4) is 0 Å². The Bertz CT molecular complexity index is 164. The van der Waals surface area contributed by atoms with E-state index in [1.807, 2.05) is 0 Å². The molecule has 1 aliphatic rings. The van der Waals surface area contributed by atoms with Crippen molar-refractivity contribution in [3.63, 3.8) is 0 Å². The lowest BCUT2D eigenvalue weighted by Gasteiger charge is -2.35. The number of rotatable bonds is 6. The Hall–Kier alpha value is -0.0151. The molecule has 0 amide bonds. The zero-order valence-corrected chi connectivity index (χ0v) is 10.8. The monoisotopic (exact) mass is 213 g/mol. The van der Waals surface area contributed by atoms with Crippen molar-refractivity contribution in [1.82, 2.24) is 0 Å². The molecule has 1 aliphatic heterocycles. The lowest BCUT2D eigenvalue weighted by molar-refractivity contribution is 0.187. The first kappa shape index (κ1) is 13.1. The second-order valence-electron chi connectivity index (χ2n) is 5.02. The van der Waals surface area contributed by atoms with E-state index < -0.39 is 6.55 Å². The summed E-state index contributed by atoms with van der Waals surface area (Å²) >= 11 is 0. The fraction of sp³-hybridized carbons (Fsp3) is 1.00. The first-order valence-corrected chi connectivity index (χ1v) is 6.66. The predicted octanol–water partition coefficient (Wildman–Crippen LogP) is 3.85. The van der Waals surface area contributed by atoms with Crippen LogP contribution in [0.1, 0.15) is 53.4 Å². The average Bonchev–Trinajstić information content (AvgIpc) is 2.50. The maximum Gasteiger partial charge on any atom is 0.241 e. The third-order valence-electron chi connectivity index (χ3n) is 3.58. The van der Waals surface area contributed by atoms with Crippen LogP contribution in [0.15, 0.2) is 0 Å². The maximum atomic E-state index is 6.11. The molecular weight excluding hydrogens is 187 g/mol. The van der Waals surface area contributed by atoms with E-state index in [0.29, 0.717) is 0 Å². The third-order valence-corrected chi connectivity index (χ3v) is 3.58. The second-order valence-corrected chi connectivity index (χ2v) is 5.02. The molecule has 3 heteroatoms. The first-order chi connectivity index (χ1) is 7.13. The highest BCUT2D eigenvalue weighted by molar-refractivity contribution is 6.68.